The summed E-state index contributed by atoms with van der Waals surface area (Å²) in [6.45, 7) is 1.47. The third kappa shape index (κ3) is 6.05. The van der Waals surface area contributed by atoms with Crippen LogP contribution in [0, 0.1) is 0 Å². The van der Waals surface area contributed by atoms with Gasteiger partial charge in [-0.25, -0.2) is 8.78 Å². The van der Waals surface area contributed by atoms with Crippen LogP contribution in [0.4, 0.5) is 8.78 Å². The van der Waals surface area contributed by atoms with Gasteiger partial charge in [0.2, 0.25) is 5.91 Å². The van der Waals surface area contributed by atoms with E-state index in [-0.39, 0.29) is 5.91 Å². The maximum atomic E-state index is 13.1. The zero-order chi connectivity index (χ0) is 17.6. The van der Waals surface area contributed by atoms with Gasteiger partial charge < -0.3 is 15.0 Å². The Morgan fingerprint density at radius 1 is 1.38 bits per heavy atom. The van der Waals surface area contributed by atoms with Crippen LogP contribution in [-0.4, -0.2) is 63.1 Å². The molecule has 1 saturated heterocycles. The van der Waals surface area contributed by atoms with Crippen molar-refractivity contribution in [2.24, 2.45) is 0 Å². The predicted molar refractivity (Wildman–Crippen MR) is 88.6 cm³/mol. The third-order valence-electron chi connectivity index (χ3n) is 3.87. The molecular weight excluding hydrogens is 316 g/mol. The highest BCUT2D eigenvalue weighted by molar-refractivity contribution is 5.82. The SMILES string of the molecule is CN(C)CCOc1ccc(CCNC(=O)C2CC(F)(F)CN2)cc1. The summed E-state index contributed by atoms with van der Waals surface area (Å²) >= 11 is 0. The van der Waals surface area contributed by atoms with Gasteiger partial charge in [0, 0.05) is 19.5 Å². The van der Waals surface area contributed by atoms with E-state index >= 15 is 0 Å². The maximum Gasteiger partial charge on any atom is 0.262 e. The van der Waals surface area contributed by atoms with Crippen LogP contribution in [-0.2, 0) is 11.2 Å². The molecule has 0 aromatic heterocycles. The smallest absolute Gasteiger partial charge is 0.262 e. The van der Waals surface area contributed by atoms with Crippen LogP contribution < -0.4 is 15.4 Å². The minimum absolute atomic E-state index is 0.365. The average Bonchev–Trinajstić information content (AvgIpc) is 2.89. The molecule has 7 heteroatoms. The summed E-state index contributed by atoms with van der Waals surface area (Å²) in [7, 11) is 3.98. The predicted octanol–water partition coefficient (Wildman–Crippen LogP) is 1.28. The number of hydrogen-bond donors (Lipinski definition) is 2. The lowest BCUT2D eigenvalue weighted by atomic mass is 10.1. The largest absolute Gasteiger partial charge is 0.492 e. The van der Waals surface area contributed by atoms with Gasteiger partial charge in [0.05, 0.1) is 12.6 Å². The van der Waals surface area contributed by atoms with E-state index in [0.29, 0.717) is 19.6 Å². The molecule has 0 bridgehead atoms. The Bertz CT molecular complexity index is 535. The van der Waals surface area contributed by atoms with Crippen molar-refractivity contribution >= 4 is 5.91 Å². The first-order chi connectivity index (χ1) is 11.4. The molecule has 0 spiro atoms. The van der Waals surface area contributed by atoms with Crippen LogP contribution in [0.5, 0.6) is 5.75 Å². The molecule has 1 aromatic carbocycles. The standard InChI is InChI=1S/C17H25F2N3O2/c1-22(2)9-10-24-14-5-3-13(4-6-14)7-8-20-16(23)15-11-17(18,19)12-21-15/h3-6,15,21H,7-12H2,1-2H3,(H,20,23). The number of nitrogens with zero attached hydrogens (tertiary/aromatic N) is 1. The van der Waals surface area contributed by atoms with E-state index < -0.39 is 24.9 Å². The van der Waals surface area contributed by atoms with Gasteiger partial charge in [-0.05, 0) is 38.2 Å². The molecule has 2 N–H and O–H groups in total. The van der Waals surface area contributed by atoms with Crippen molar-refractivity contribution in [1.29, 1.82) is 0 Å². The molecule has 2 rings (SSSR count). The highest BCUT2D eigenvalue weighted by Gasteiger charge is 2.42. The van der Waals surface area contributed by atoms with Crippen molar-refractivity contribution in [2.75, 3.05) is 40.3 Å². The quantitative estimate of drug-likeness (QED) is 0.748. The topological polar surface area (TPSA) is 53.6 Å². The lowest BCUT2D eigenvalue weighted by Gasteiger charge is -2.12. The number of carbonyl (C=O) groups is 1. The molecule has 1 unspecified atom stereocenters. The lowest BCUT2D eigenvalue weighted by Crippen LogP contribution is -2.41. The Kier molecular flexibility index (Phi) is 6.51. The zero-order valence-electron chi connectivity index (χ0n) is 14.1. The van der Waals surface area contributed by atoms with Crippen LogP contribution >= 0.6 is 0 Å². The fraction of sp³-hybridized carbons (Fsp3) is 0.588. The Labute approximate surface area is 141 Å². The monoisotopic (exact) mass is 341 g/mol. The Morgan fingerprint density at radius 3 is 2.67 bits per heavy atom. The minimum atomic E-state index is -2.79. The molecule has 0 aliphatic carbocycles. The number of ether oxygens (including phenoxy) is 1. The number of halogens is 2. The van der Waals surface area contributed by atoms with E-state index in [1.165, 1.54) is 0 Å². The average molecular weight is 341 g/mol. The molecule has 1 fully saturated rings. The number of amides is 1. The van der Waals surface area contributed by atoms with Crippen molar-refractivity contribution < 1.29 is 18.3 Å². The second-order valence-electron chi connectivity index (χ2n) is 6.33. The molecule has 1 amide bonds. The first-order valence-corrected chi connectivity index (χ1v) is 8.11. The van der Waals surface area contributed by atoms with E-state index in [2.05, 4.69) is 10.6 Å². The second-order valence-corrected chi connectivity index (χ2v) is 6.33. The summed E-state index contributed by atoms with van der Waals surface area (Å²) in [6, 6.07) is 6.88. The van der Waals surface area contributed by atoms with E-state index in [1.807, 2.05) is 43.3 Å². The number of alkyl halides is 2. The summed E-state index contributed by atoms with van der Waals surface area (Å²) in [5, 5.41) is 5.25. The molecule has 1 aliphatic heterocycles. The van der Waals surface area contributed by atoms with Crippen molar-refractivity contribution in [1.82, 2.24) is 15.5 Å². The summed E-state index contributed by atoms with van der Waals surface area (Å²) in [5.41, 5.74) is 1.06. The second kappa shape index (κ2) is 8.39. The molecule has 1 aromatic rings. The van der Waals surface area contributed by atoms with Gasteiger partial charge in [-0.1, -0.05) is 12.1 Å². The Hall–Kier alpha value is -1.73. The van der Waals surface area contributed by atoms with E-state index in [0.717, 1.165) is 17.9 Å². The number of hydrogen-bond acceptors (Lipinski definition) is 4. The fourth-order valence-corrected chi connectivity index (χ4v) is 2.45. The fourth-order valence-electron chi connectivity index (χ4n) is 2.45. The summed E-state index contributed by atoms with van der Waals surface area (Å²) in [4.78, 5) is 13.9. The maximum absolute atomic E-state index is 13.1. The Balaban J connectivity index is 1.68. The van der Waals surface area contributed by atoms with Gasteiger partial charge in [-0.2, -0.15) is 0 Å². The molecule has 134 valence electrons. The van der Waals surface area contributed by atoms with E-state index in [1.54, 1.807) is 0 Å². The third-order valence-corrected chi connectivity index (χ3v) is 3.87. The molecule has 1 atom stereocenters. The van der Waals surface area contributed by atoms with Gasteiger partial charge in [-0.15, -0.1) is 0 Å². The first-order valence-electron chi connectivity index (χ1n) is 8.11. The summed E-state index contributed by atoms with van der Waals surface area (Å²) < 4.78 is 31.7. The number of benzene rings is 1. The van der Waals surface area contributed by atoms with Crippen LogP contribution in [0.2, 0.25) is 0 Å². The molecule has 5 nitrogen and oxygen atoms in total. The van der Waals surface area contributed by atoms with Crippen molar-refractivity contribution in [3.8, 4) is 5.75 Å². The van der Waals surface area contributed by atoms with E-state index in [4.69, 9.17) is 4.74 Å². The molecule has 0 radical (unpaired) electrons. The highest BCUT2D eigenvalue weighted by Crippen LogP contribution is 2.25. The van der Waals surface area contributed by atoms with Crippen LogP contribution in [0.3, 0.4) is 0 Å². The minimum Gasteiger partial charge on any atom is -0.492 e. The first kappa shape index (κ1) is 18.6. The number of rotatable bonds is 8. The summed E-state index contributed by atoms with van der Waals surface area (Å²) in [5.74, 6) is -2.34. The highest BCUT2D eigenvalue weighted by atomic mass is 19.3. The number of likely N-dealkylation sites (N-methyl/N-ethyl adjacent to an activating group) is 1. The van der Waals surface area contributed by atoms with Gasteiger partial charge in [0.1, 0.15) is 12.4 Å². The molecule has 0 saturated carbocycles. The molecule has 1 aliphatic rings. The van der Waals surface area contributed by atoms with Gasteiger partial charge in [0.25, 0.3) is 5.92 Å². The normalized spacial score (nSPS) is 19.5. The molecular formula is C17H25F2N3O2. The number of carbonyl (C=O) groups excluding carboxylic acids is 1. The van der Waals surface area contributed by atoms with Crippen molar-refractivity contribution in [3.63, 3.8) is 0 Å². The van der Waals surface area contributed by atoms with E-state index in [9.17, 15) is 13.6 Å². The van der Waals surface area contributed by atoms with Gasteiger partial charge in [0.15, 0.2) is 0 Å². The zero-order valence-corrected chi connectivity index (χ0v) is 14.1. The number of nitrogens with one attached hydrogen (secondary N) is 2. The Morgan fingerprint density at radius 2 is 2.08 bits per heavy atom. The van der Waals surface area contributed by atoms with Gasteiger partial charge >= 0.3 is 0 Å². The van der Waals surface area contributed by atoms with Crippen LogP contribution in [0.25, 0.3) is 0 Å². The van der Waals surface area contributed by atoms with Crippen molar-refractivity contribution in [3.05, 3.63) is 29.8 Å². The molecule has 1 heterocycles. The lowest BCUT2D eigenvalue weighted by molar-refractivity contribution is -0.123. The van der Waals surface area contributed by atoms with Crippen molar-refractivity contribution in [2.45, 2.75) is 24.8 Å². The van der Waals surface area contributed by atoms with Gasteiger partial charge in [-0.3, -0.25) is 10.1 Å². The van der Waals surface area contributed by atoms with Crippen LogP contribution in [0.1, 0.15) is 12.0 Å². The van der Waals surface area contributed by atoms with Crippen LogP contribution in [0.15, 0.2) is 24.3 Å². The molecule has 24 heavy (non-hydrogen) atoms. The summed E-state index contributed by atoms with van der Waals surface area (Å²) in [6.07, 6.45) is 0.213.